The van der Waals surface area contributed by atoms with Crippen molar-refractivity contribution in [2.45, 2.75) is 13.3 Å². The molecule has 1 heterocycles. The van der Waals surface area contributed by atoms with E-state index in [2.05, 4.69) is 15.6 Å². The van der Waals surface area contributed by atoms with E-state index in [4.69, 9.17) is 23.2 Å². The van der Waals surface area contributed by atoms with Gasteiger partial charge in [0.1, 0.15) is 11.6 Å². The molecule has 0 bridgehead atoms. The second-order valence-electron chi connectivity index (χ2n) is 6.47. The Kier molecular flexibility index (Phi) is 7.42. The molecule has 0 spiro atoms. The van der Waals surface area contributed by atoms with Crippen LogP contribution in [0, 0.1) is 11.3 Å². The molecule has 0 aliphatic heterocycles. The lowest BCUT2D eigenvalue weighted by Crippen LogP contribution is -2.13. The Balaban J connectivity index is 1.68. The fourth-order valence-corrected chi connectivity index (χ4v) is 3.87. The number of nitriles is 1. The molecule has 0 radical (unpaired) electrons. The molecule has 156 valence electrons. The first-order valence-corrected chi connectivity index (χ1v) is 10.6. The number of benzene rings is 2. The summed E-state index contributed by atoms with van der Waals surface area (Å²) in [5, 5.41) is 16.2. The van der Waals surface area contributed by atoms with Gasteiger partial charge < -0.3 is 5.32 Å². The summed E-state index contributed by atoms with van der Waals surface area (Å²) in [6.07, 6.45) is 3.63. The van der Waals surface area contributed by atoms with Crippen molar-refractivity contribution in [2.24, 2.45) is 0 Å². The van der Waals surface area contributed by atoms with Crippen molar-refractivity contribution in [1.29, 1.82) is 5.26 Å². The molecule has 31 heavy (non-hydrogen) atoms. The number of nitrogens with zero attached hydrogens (tertiary/aromatic N) is 2. The first-order chi connectivity index (χ1) is 14.8. The summed E-state index contributed by atoms with van der Waals surface area (Å²) in [6, 6.07) is 13.9. The van der Waals surface area contributed by atoms with E-state index in [0.717, 1.165) is 10.4 Å². The van der Waals surface area contributed by atoms with Gasteiger partial charge >= 0.3 is 0 Å². The third-order valence-corrected chi connectivity index (χ3v) is 5.57. The Morgan fingerprint density at radius 1 is 1.16 bits per heavy atom. The molecule has 2 aromatic carbocycles. The van der Waals surface area contributed by atoms with Crippen LogP contribution >= 0.6 is 34.5 Å². The van der Waals surface area contributed by atoms with Crippen LogP contribution in [0.3, 0.4) is 0 Å². The fourth-order valence-electron chi connectivity index (χ4n) is 2.66. The van der Waals surface area contributed by atoms with Crippen LogP contribution in [0.25, 0.3) is 6.08 Å². The first-order valence-electron chi connectivity index (χ1n) is 9.03. The van der Waals surface area contributed by atoms with Crippen molar-refractivity contribution in [3.63, 3.8) is 0 Å². The predicted molar refractivity (Wildman–Crippen MR) is 124 cm³/mol. The Morgan fingerprint density at radius 2 is 1.90 bits per heavy atom. The van der Waals surface area contributed by atoms with Gasteiger partial charge in [-0.15, -0.1) is 11.3 Å². The number of hydrogen-bond acceptors (Lipinski definition) is 5. The number of aromatic nitrogens is 1. The fraction of sp³-hybridized carbons (Fsp3) is 0.0909. The van der Waals surface area contributed by atoms with Crippen molar-refractivity contribution in [2.75, 3.05) is 10.6 Å². The van der Waals surface area contributed by atoms with Crippen molar-refractivity contribution in [1.82, 2.24) is 4.98 Å². The average molecular weight is 471 g/mol. The van der Waals surface area contributed by atoms with E-state index in [1.165, 1.54) is 24.3 Å². The van der Waals surface area contributed by atoms with E-state index in [0.29, 0.717) is 32.8 Å². The van der Waals surface area contributed by atoms with Gasteiger partial charge in [0.2, 0.25) is 5.91 Å². The molecule has 1 aromatic heterocycles. The highest BCUT2D eigenvalue weighted by molar-refractivity contribution is 7.15. The van der Waals surface area contributed by atoms with E-state index >= 15 is 0 Å². The minimum atomic E-state index is -0.560. The monoisotopic (exact) mass is 470 g/mol. The van der Waals surface area contributed by atoms with Gasteiger partial charge in [-0.2, -0.15) is 5.26 Å². The van der Waals surface area contributed by atoms with E-state index in [-0.39, 0.29) is 11.5 Å². The van der Waals surface area contributed by atoms with E-state index in [1.807, 2.05) is 6.07 Å². The van der Waals surface area contributed by atoms with Gasteiger partial charge in [0, 0.05) is 40.2 Å². The maximum absolute atomic E-state index is 12.5. The van der Waals surface area contributed by atoms with Gasteiger partial charge in [0.25, 0.3) is 5.91 Å². The number of hydrogen-bond donors (Lipinski definition) is 2. The van der Waals surface area contributed by atoms with Crippen molar-refractivity contribution >= 4 is 63.2 Å². The van der Waals surface area contributed by atoms with Gasteiger partial charge in [-0.05, 0) is 47.5 Å². The second kappa shape index (κ2) is 10.2. The molecule has 0 fully saturated rings. The van der Waals surface area contributed by atoms with Crippen molar-refractivity contribution in [3.05, 3.63) is 80.3 Å². The normalized spacial score (nSPS) is 11.0. The molecule has 0 aliphatic carbocycles. The minimum absolute atomic E-state index is 0.0677. The van der Waals surface area contributed by atoms with Crippen LogP contribution in [-0.4, -0.2) is 16.8 Å². The molecule has 3 rings (SSSR count). The Hall–Kier alpha value is -3.18. The summed E-state index contributed by atoms with van der Waals surface area (Å²) in [5.74, 6) is -0.740. The van der Waals surface area contributed by atoms with Crippen LogP contribution in [0.2, 0.25) is 10.0 Å². The molecule has 2 N–H and O–H groups in total. The van der Waals surface area contributed by atoms with Gasteiger partial charge in [-0.3, -0.25) is 14.9 Å². The topological polar surface area (TPSA) is 94.9 Å². The van der Waals surface area contributed by atoms with Crippen molar-refractivity contribution in [3.8, 4) is 6.07 Å². The zero-order valence-electron chi connectivity index (χ0n) is 16.3. The lowest BCUT2D eigenvalue weighted by Gasteiger charge is -2.03. The summed E-state index contributed by atoms with van der Waals surface area (Å²) in [5.41, 5.74) is 2.07. The predicted octanol–water partition coefficient (Wildman–Crippen LogP) is 5.54. The van der Waals surface area contributed by atoms with Gasteiger partial charge in [0.05, 0.1) is 0 Å². The quantitative estimate of drug-likeness (QED) is 0.364. The van der Waals surface area contributed by atoms with Crippen molar-refractivity contribution < 1.29 is 9.59 Å². The number of halogens is 2. The van der Waals surface area contributed by atoms with Crippen LogP contribution in [-0.2, 0) is 16.0 Å². The molecule has 9 heteroatoms. The highest BCUT2D eigenvalue weighted by atomic mass is 35.5. The van der Waals surface area contributed by atoms with Crippen LogP contribution in [0.5, 0.6) is 0 Å². The number of anilines is 2. The maximum Gasteiger partial charge on any atom is 0.268 e. The Labute approximate surface area is 193 Å². The zero-order valence-corrected chi connectivity index (χ0v) is 18.6. The molecule has 0 unspecified atom stereocenters. The molecular formula is C22H16Cl2N4O2S. The van der Waals surface area contributed by atoms with Gasteiger partial charge in [0.15, 0.2) is 5.13 Å². The van der Waals surface area contributed by atoms with E-state index in [1.54, 1.807) is 48.7 Å². The number of carbonyl (C=O) groups is 2. The van der Waals surface area contributed by atoms with Crippen LogP contribution < -0.4 is 10.6 Å². The van der Waals surface area contributed by atoms with Gasteiger partial charge in [-0.1, -0.05) is 35.3 Å². The highest BCUT2D eigenvalue weighted by Gasteiger charge is 2.13. The zero-order chi connectivity index (χ0) is 22.4. The second-order valence-corrected chi connectivity index (χ2v) is 8.43. The SMILES string of the molecule is CC(=O)Nc1ccc(/C=C(\C#N)C(=O)Nc2ncc(Cc3cc(Cl)ccc3Cl)s2)cc1. The van der Waals surface area contributed by atoms with E-state index in [9.17, 15) is 14.9 Å². The highest BCUT2D eigenvalue weighted by Crippen LogP contribution is 2.27. The Bertz CT molecular complexity index is 1200. The summed E-state index contributed by atoms with van der Waals surface area (Å²) >= 11 is 13.5. The molecule has 2 amide bonds. The maximum atomic E-state index is 12.5. The minimum Gasteiger partial charge on any atom is -0.326 e. The van der Waals surface area contributed by atoms with Crippen LogP contribution in [0.1, 0.15) is 22.9 Å². The number of amides is 2. The number of nitrogens with one attached hydrogen (secondary N) is 2. The molecule has 3 aromatic rings. The standard InChI is InChI=1S/C22H16Cl2N4O2S/c1-13(29)27-18-5-2-14(3-6-18)8-16(11-25)21(30)28-22-26-12-19(31-22)10-15-9-17(23)4-7-20(15)24/h2-9,12H,10H2,1H3,(H,27,29)(H,26,28,30)/b16-8+. The summed E-state index contributed by atoms with van der Waals surface area (Å²) in [7, 11) is 0. The molecule has 0 atom stereocenters. The van der Waals surface area contributed by atoms with Crippen LogP contribution in [0.15, 0.2) is 54.2 Å². The third kappa shape index (κ3) is 6.40. The molecule has 0 saturated heterocycles. The number of thiazole rings is 1. The molecular weight excluding hydrogens is 455 g/mol. The lowest BCUT2D eigenvalue weighted by atomic mass is 10.1. The summed E-state index contributed by atoms with van der Waals surface area (Å²) in [6.45, 7) is 1.42. The lowest BCUT2D eigenvalue weighted by molar-refractivity contribution is -0.114. The Morgan fingerprint density at radius 3 is 2.58 bits per heavy atom. The average Bonchev–Trinajstić information content (AvgIpc) is 3.16. The number of carbonyl (C=O) groups excluding carboxylic acids is 2. The largest absolute Gasteiger partial charge is 0.326 e. The first kappa shape index (κ1) is 22.5. The third-order valence-electron chi connectivity index (χ3n) is 4.05. The molecule has 0 saturated carbocycles. The van der Waals surface area contributed by atoms with E-state index < -0.39 is 5.91 Å². The molecule has 0 aliphatic rings. The molecule has 6 nitrogen and oxygen atoms in total. The number of rotatable bonds is 6. The van der Waals surface area contributed by atoms with Gasteiger partial charge in [-0.25, -0.2) is 4.98 Å². The summed E-state index contributed by atoms with van der Waals surface area (Å²) < 4.78 is 0. The summed E-state index contributed by atoms with van der Waals surface area (Å²) in [4.78, 5) is 28.7. The van der Waals surface area contributed by atoms with Crippen LogP contribution in [0.4, 0.5) is 10.8 Å². The smallest absolute Gasteiger partial charge is 0.268 e.